The van der Waals surface area contributed by atoms with E-state index in [1.807, 2.05) is 24.3 Å². The molecule has 0 saturated carbocycles. The molecule has 3 aromatic rings. The molecule has 2 nitrogen and oxygen atoms in total. The van der Waals surface area contributed by atoms with E-state index in [9.17, 15) is 17.6 Å². The van der Waals surface area contributed by atoms with Crippen LogP contribution in [0.25, 0.3) is 11.1 Å². The van der Waals surface area contributed by atoms with Crippen molar-refractivity contribution < 1.29 is 22.3 Å². The molecule has 0 spiro atoms. The van der Waals surface area contributed by atoms with Crippen LogP contribution in [0.5, 0.6) is 5.75 Å². The zero-order valence-electron chi connectivity index (χ0n) is 14.5. The third kappa shape index (κ3) is 4.09. The summed E-state index contributed by atoms with van der Waals surface area (Å²) in [4.78, 5) is 5.29. The number of nitrogens with zero attached hydrogens (tertiary/aromatic N) is 1. The van der Waals surface area contributed by atoms with Crippen molar-refractivity contribution in [3.8, 4) is 16.9 Å². The molecule has 0 aliphatic carbocycles. The van der Waals surface area contributed by atoms with Crippen LogP contribution >= 0.6 is 11.3 Å². The second-order valence-electron chi connectivity index (χ2n) is 6.42. The molecule has 1 aliphatic rings. The maximum Gasteiger partial charge on any atom is 0.573 e. The summed E-state index contributed by atoms with van der Waals surface area (Å²) in [5.41, 5.74) is 3.51. The third-order valence-corrected chi connectivity index (χ3v) is 5.50. The predicted octanol–water partition coefficient (Wildman–Crippen LogP) is 6.78. The summed E-state index contributed by atoms with van der Waals surface area (Å²) < 4.78 is 54.4. The lowest BCUT2D eigenvalue weighted by molar-refractivity contribution is -0.274. The maximum absolute atomic E-state index is 13.7. The summed E-state index contributed by atoms with van der Waals surface area (Å²) >= 11 is 1.36. The Hall–Kier alpha value is -2.67. The first-order valence-electron chi connectivity index (χ1n) is 8.65. The fourth-order valence-electron chi connectivity index (χ4n) is 3.25. The topological polar surface area (TPSA) is 21.6 Å². The smallest absolute Gasteiger partial charge is 0.406 e. The van der Waals surface area contributed by atoms with Gasteiger partial charge in [-0.2, -0.15) is 0 Å². The highest BCUT2D eigenvalue weighted by Crippen LogP contribution is 2.34. The fourth-order valence-corrected chi connectivity index (χ4v) is 4.05. The van der Waals surface area contributed by atoms with Crippen molar-refractivity contribution >= 4 is 17.0 Å². The molecule has 0 amide bonds. The maximum atomic E-state index is 13.7. The molecule has 0 N–H and O–H groups in total. The highest BCUT2D eigenvalue weighted by atomic mass is 32.1. The molecule has 2 aromatic carbocycles. The lowest BCUT2D eigenvalue weighted by Crippen LogP contribution is -2.16. The summed E-state index contributed by atoms with van der Waals surface area (Å²) in [7, 11) is 0. The van der Waals surface area contributed by atoms with Gasteiger partial charge in [0.2, 0.25) is 0 Å². The van der Waals surface area contributed by atoms with Crippen molar-refractivity contribution in [2.45, 2.75) is 25.2 Å². The third-order valence-electron chi connectivity index (χ3n) is 4.56. The summed E-state index contributed by atoms with van der Waals surface area (Å²) in [6.45, 7) is 0. The molecule has 0 saturated heterocycles. The molecule has 1 unspecified atom stereocenters. The lowest BCUT2D eigenvalue weighted by Gasteiger charge is -2.10. The van der Waals surface area contributed by atoms with Gasteiger partial charge in [-0.25, -0.2) is 4.39 Å². The second kappa shape index (κ2) is 7.39. The molecule has 0 fully saturated rings. The zero-order valence-corrected chi connectivity index (χ0v) is 15.4. The highest BCUT2D eigenvalue weighted by molar-refractivity contribution is 7.12. The average molecular weight is 405 g/mol. The van der Waals surface area contributed by atoms with Crippen molar-refractivity contribution in [2.24, 2.45) is 4.99 Å². The summed E-state index contributed by atoms with van der Waals surface area (Å²) in [6, 6.07) is 14.9. The number of thiophene rings is 1. The SMILES string of the molecule is Fc1ccsc1C1=NC(c2ccc(-c3ccc(OC(F)(F)F)cc3)cc2)CC1. The summed E-state index contributed by atoms with van der Waals surface area (Å²) in [5, 5.41) is 1.72. The number of hydrogen-bond acceptors (Lipinski definition) is 3. The molecule has 2 heterocycles. The average Bonchev–Trinajstić information content (AvgIpc) is 3.30. The molecule has 1 atom stereocenters. The highest BCUT2D eigenvalue weighted by Gasteiger charge is 2.31. The Morgan fingerprint density at radius 3 is 2.14 bits per heavy atom. The van der Waals surface area contributed by atoms with Crippen molar-refractivity contribution in [1.29, 1.82) is 0 Å². The van der Waals surface area contributed by atoms with Gasteiger partial charge in [-0.15, -0.1) is 24.5 Å². The predicted molar refractivity (Wildman–Crippen MR) is 101 cm³/mol. The summed E-state index contributed by atoms with van der Waals surface area (Å²) in [5.74, 6) is -0.473. The van der Waals surface area contributed by atoms with Crippen molar-refractivity contribution in [2.75, 3.05) is 0 Å². The van der Waals surface area contributed by atoms with E-state index in [1.54, 1.807) is 17.5 Å². The number of rotatable bonds is 4. The molecular formula is C21H15F4NOS. The van der Waals surface area contributed by atoms with Gasteiger partial charge in [0.25, 0.3) is 0 Å². The van der Waals surface area contributed by atoms with Crippen molar-refractivity contribution in [3.63, 3.8) is 0 Å². The van der Waals surface area contributed by atoms with Crippen molar-refractivity contribution in [1.82, 2.24) is 0 Å². The van der Waals surface area contributed by atoms with Crippen molar-refractivity contribution in [3.05, 3.63) is 76.2 Å². The lowest BCUT2D eigenvalue weighted by atomic mass is 9.99. The van der Waals surface area contributed by atoms with Crippen LogP contribution in [0.2, 0.25) is 0 Å². The van der Waals surface area contributed by atoms with E-state index in [-0.39, 0.29) is 17.6 Å². The standard InChI is InChI=1S/C21H15F4NOS/c22-17-11-12-28-20(17)19-10-9-18(26-19)15-3-1-13(2-4-15)14-5-7-16(8-6-14)27-21(23,24)25/h1-8,11-12,18H,9-10H2. The van der Waals surface area contributed by atoms with E-state index in [0.29, 0.717) is 4.88 Å². The van der Waals surface area contributed by atoms with Gasteiger partial charge in [-0.05, 0) is 53.1 Å². The molecule has 28 heavy (non-hydrogen) atoms. The number of benzene rings is 2. The fraction of sp³-hybridized carbons (Fsp3) is 0.190. The Morgan fingerprint density at radius 2 is 1.57 bits per heavy atom. The van der Waals surface area contributed by atoms with Gasteiger partial charge in [-0.3, -0.25) is 4.99 Å². The van der Waals surface area contributed by atoms with E-state index >= 15 is 0 Å². The molecule has 1 aliphatic heterocycles. The molecule has 0 radical (unpaired) electrons. The normalized spacial score (nSPS) is 16.9. The minimum Gasteiger partial charge on any atom is -0.406 e. The minimum atomic E-state index is -4.70. The first kappa shape index (κ1) is 18.7. The Morgan fingerprint density at radius 1 is 0.929 bits per heavy atom. The molecule has 7 heteroatoms. The number of halogens is 4. The van der Waals surface area contributed by atoms with Gasteiger partial charge in [0.1, 0.15) is 11.6 Å². The van der Waals surface area contributed by atoms with E-state index < -0.39 is 6.36 Å². The number of aliphatic imine (C=N–C) groups is 1. The zero-order chi connectivity index (χ0) is 19.7. The Bertz CT molecular complexity index is 990. The Kier molecular flexibility index (Phi) is 4.93. The molecular weight excluding hydrogens is 390 g/mol. The van der Waals surface area contributed by atoms with Crippen LogP contribution in [0.1, 0.15) is 29.3 Å². The Labute approximate surface area is 163 Å². The number of ether oxygens (including phenoxy) is 1. The van der Waals surface area contributed by atoms with Gasteiger partial charge in [0.15, 0.2) is 0 Å². The molecule has 1 aromatic heterocycles. The van der Waals surface area contributed by atoms with E-state index in [0.717, 1.165) is 35.2 Å². The van der Waals surface area contributed by atoms with Gasteiger partial charge in [-0.1, -0.05) is 36.4 Å². The van der Waals surface area contributed by atoms with Crippen LogP contribution in [-0.2, 0) is 0 Å². The van der Waals surface area contributed by atoms with Gasteiger partial charge >= 0.3 is 6.36 Å². The van der Waals surface area contributed by atoms with E-state index in [4.69, 9.17) is 0 Å². The van der Waals surface area contributed by atoms with E-state index in [2.05, 4.69) is 9.73 Å². The first-order chi connectivity index (χ1) is 13.4. The molecule has 4 rings (SSSR count). The minimum absolute atomic E-state index is 0.00638. The quantitative estimate of drug-likeness (QED) is 0.439. The molecule has 144 valence electrons. The second-order valence-corrected chi connectivity index (χ2v) is 7.34. The van der Waals surface area contributed by atoms with Crippen LogP contribution in [-0.4, -0.2) is 12.1 Å². The van der Waals surface area contributed by atoms with E-state index in [1.165, 1.54) is 29.5 Å². The monoisotopic (exact) mass is 405 g/mol. The largest absolute Gasteiger partial charge is 0.573 e. The Balaban J connectivity index is 1.49. The van der Waals surface area contributed by atoms with Crippen LogP contribution < -0.4 is 4.74 Å². The number of hydrogen-bond donors (Lipinski definition) is 0. The number of alkyl halides is 3. The van der Waals surface area contributed by atoms with Crippen LogP contribution in [0.4, 0.5) is 17.6 Å². The van der Waals surface area contributed by atoms with Gasteiger partial charge in [0, 0.05) is 0 Å². The van der Waals surface area contributed by atoms with Gasteiger partial charge in [0.05, 0.1) is 16.6 Å². The first-order valence-corrected chi connectivity index (χ1v) is 9.53. The van der Waals surface area contributed by atoms with Gasteiger partial charge < -0.3 is 4.74 Å². The van der Waals surface area contributed by atoms with Crippen LogP contribution in [0.15, 0.2) is 65.0 Å². The van der Waals surface area contributed by atoms with Crippen LogP contribution in [0.3, 0.4) is 0 Å². The molecule has 0 bridgehead atoms. The summed E-state index contributed by atoms with van der Waals surface area (Å²) in [6.07, 6.45) is -3.13. The van der Waals surface area contributed by atoms with Crippen LogP contribution in [0, 0.1) is 5.82 Å².